The number of imidazole rings is 1. The maximum absolute atomic E-state index is 14.4. The molecule has 5 heterocycles. The minimum absolute atomic E-state index is 0.0233. The van der Waals surface area contributed by atoms with Crippen LogP contribution in [-0.2, 0) is 24.6 Å². The number of alkyl halides is 3. The minimum Gasteiger partial charge on any atom is -0.345 e. The lowest BCUT2D eigenvalue weighted by atomic mass is 9.72. The first-order chi connectivity index (χ1) is 21.0. The second-order valence-electron chi connectivity index (χ2n) is 12.9. The zero-order valence-electron chi connectivity index (χ0n) is 24.9. The Kier molecular flexibility index (Phi) is 6.95. The van der Waals surface area contributed by atoms with Gasteiger partial charge < -0.3 is 9.47 Å². The molecule has 12 heteroatoms. The third kappa shape index (κ3) is 4.83. The van der Waals surface area contributed by atoms with Gasteiger partial charge in [0.25, 0.3) is 0 Å². The number of rotatable bonds is 6. The van der Waals surface area contributed by atoms with Crippen LogP contribution in [0.4, 0.5) is 13.2 Å². The van der Waals surface area contributed by atoms with Crippen LogP contribution in [0.25, 0.3) is 11.2 Å². The number of amides is 1. The van der Waals surface area contributed by atoms with Crippen molar-refractivity contribution < 1.29 is 18.0 Å². The molecule has 4 aromatic rings. The summed E-state index contributed by atoms with van der Waals surface area (Å²) in [4.78, 5) is 30.3. The van der Waals surface area contributed by atoms with Crippen molar-refractivity contribution in [2.75, 3.05) is 26.7 Å². The minimum atomic E-state index is -4.64. The van der Waals surface area contributed by atoms with Gasteiger partial charge in [0.15, 0.2) is 0 Å². The highest BCUT2D eigenvalue weighted by atomic mass is 19.4. The fraction of sp³-hybridized carbons (Fsp3) is 0.500. The summed E-state index contributed by atoms with van der Waals surface area (Å²) in [5.41, 5.74) is -0.0503. The molecule has 2 saturated heterocycles. The zero-order chi connectivity index (χ0) is 30.8. The highest BCUT2D eigenvalue weighted by molar-refractivity contribution is 5.84. The molecule has 0 N–H and O–H groups in total. The van der Waals surface area contributed by atoms with E-state index in [0.717, 1.165) is 54.1 Å². The van der Waals surface area contributed by atoms with Gasteiger partial charge in [-0.1, -0.05) is 18.6 Å². The molecule has 0 unspecified atom stereocenters. The Bertz CT molecular complexity index is 1780. The second-order valence-corrected chi connectivity index (χ2v) is 12.9. The van der Waals surface area contributed by atoms with Gasteiger partial charge in [0.1, 0.15) is 12.2 Å². The first-order valence-electron chi connectivity index (χ1n) is 15.3. The van der Waals surface area contributed by atoms with E-state index in [4.69, 9.17) is 0 Å². The maximum atomic E-state index is 14.4. The fourth-order valence-electron chi connectivity index (χ4n) is 7.45. The Morgan fingerprint density at radius 2 is 1.77 bits per heavy atom. The van der Waals surface area contributed by atoms with E-state index in [2.05, 4.69) is 15.1 Å². The summed E-state index contributed by atoms with van der Waals surface area (Å²) in [5, 5.41) is 8.43. The number of aromatic nitrogens is 5. The number of aryl methyl sites for hydroxylation is 1. The summed E-state index contributed by atoms with van der Waals surface area (Å²) in [6.07, 6.45) is 5.30. The van der Waals surface area contributed by atoms with Gasteiger partial charge in [-0.05, 0) is 80.4 Å². The lowest BCUT2D eigenvalue weighted by Gasteiger charge is -2.37. The molecule has 232 valence electrons. The number of carbonyl (C=O) groups is 1. The van der Waals surface area contributed by atoms with Crippen LogP contribution in [0.5, 0.6) is 0 Å². The van der Waals surface area contributed by atoms with Crippen LogP contribution in [0.15, 0.2) is 53.8 Å². The predicted molar refractivity (Wildman–Crippen MR) is 157 cm³/mol. The van der Waals surface area contributed by atoms with E-state index in [9.17, 15) is 22.8 Å². The van der Waals surface area contributed by atoms with E-state index < -0.39 is 17.4 Å². The molecule has 1 spiro atoms. The topological polar surface area (TPSA) is 80.7 Å². The quantitative estimate of drug-likeness (QED) is 0.320. The van der Waals surface area contributed by atoms with Crippen LogP contribution in [0, 0.1) is 11.3 Å². The van der Waals surface area contributed by atoms with Gasteiger partial charge in [0.05, 0.1) is 22.2 Å². The van der Waals surface area contributed by atoms with Gasteiger partial charge in [0.2, 0.25) is 5.91 Å². The van der Waals surface area contributed by atoms with Gasteiger partial charge >= 0.3 is 11.9 Å². The Hall–Kier alpha value is -3.93. The Morgan fingerprint density at radius 1 is 1.02 bits per heavy atom. The Balaban J connectivity index is 1.22. The summed E-state index contributed by atoms with van der Waals surface area (Å²) in [6, 6.07) is 8.63. The molecule has 2 aliphatic heterocycles. The third-order valence-corrected chi connectivity index (χ3v) is 10.2. The Morgan fingerprint density at radius 3 is 2.39 bits per heavy atom. The van der Waals surface area contributed by atoms with Gasteiger partial charge in [-0.3, -0.25) is 18.7 Å². The molecule has 3 fully saturated rings. The lowest BCUT2D eigenvalue weighted by molar-refractivity contribution is -0.138. The Labute approximate surface area is 252 Å². The summed E-state index contributed by atoms with van der Waals surface area (Å²) >= 11 is 0. The molecule has 0 radical (unpaired) electrons. The molecule has 1 aliphatic carbocycles. The molecule has 1 atom stereocenters. The third-order valence-electron chi connectivity index (χ3n) is 10.2. The number of nitrogens with zero attached hydrogens (tertiary/aromatic N) is 7. The number of carbonyl (C=O) groups excluding carboxylic acids is 1. The van der Waals surface area contributed by atoms with Crippen molar-refractivity contribution in [2.45, 2.75) is 57.2 Å². The SMILES string of the molecule is CN1CCC2(CCN(Cc3cc(C(F)(F)F)c4cn(-c5cccc([C@H](c6nncn6C)C6CCC6)c5)c(=O)n4c3)CC2)C1=O. The van der Waals surface area contributed by atoms with Crippen LogP contribution in [-0.4, -0.2) is 66.1 Å². The van der Waals surface area contributed by atoms with Gasteiger partial charge in [-0.25, -0.2) is 4.79 Å². The van der Waals surface area contributed by atoms with Crippen molar-refractivity contribution >= 4 is 11.4 Å². The number of hydrogen-bond acceptors (Lipinski definition) is 5. The first-order valence-corrected chi connectivity index (χ1v) is 15.3. The standard InChI is InChI=1S/C32H36F3N7O2/c1-38-12-9-31(29(38)43)10-13-40(14-11-31)17-21-15-25(32(33,34)35)26-19-41(30(44)42(26)18-21)24-8-4-7-23(16-24)27(22-5-3-6-22)28-37-36-20-39(28)2/h4,7-8,15-16,18-20,22,27H,3,5-6,9-14,17H2,1-2H3/t27-/m1/s1. The van der Waals surface area contributed by atoms with Crippen molar-refractivity contribution in [1.82, 2.24) is 33.5 Å². The highest BCUT2D eigenvalue weighted by Crippen LogP contribution is 2.43. The first kappa shape index (κ1) is 28.8. The van der Waals surface area contributed by atoms with Crippen LogP contribution in [0.1, 0.15) is 67.0 Å². The highest BCUT2D eigenvalue weighted by Gasteiger charge is 2.47. The molecule has 0 bridgehead atoms. The fourth-order valence-corrected chi connectivity index (χ4v) is 7.45. The molecule has 1 saturated carbocycles. The number of pyridine rings is 1. The maximum Gasteiger partial charge on any atom is 0.418 e. The summed E-state index contributed by atoms with van der Waals surface area (Å²) in [6.45, 7) is 2.26. The molecule has 44 heavy (non-hydrogen) atoms. The van der Waals surface area contributed by atoms with Crippen molar-refractivity contribution in [1.29, 1.82) is 0 Å². The van der Waals surface area contributed by atoms with Crippen LogP contribution in [0.2, 0.25) is 0 Å². The smallest absolute Gasteiger partial charge is 0.345 e. The van der Waals surface area contributed by atoms with Crippen LogP contribution >= 0.6 is 0 Å². The van der Waals surface area contributed by atoms with Gasteiger partial charge in [-0.2, -0.15) is 13.2 Å². The van der Waals surface area contributed by atoms with E-state index >= 15 is 0 Å². The van der Waals surface area contributed by atoms with E-state index in [-0.39, 0.29) is 29.3 Å². The largest absolute Gasteiger partial charge is 0.418 e. The lowest BCUT2D eigenvalue weighted by Crippen LogP contribution is -2.43. The summed E-state index contributed by atoms with van der Waals surface area (Å²) < 4.78 is 47.5. The molecule has 1 amide bonds. The summed E-state index contributed by atoms with van der Waals surface area (Å²) in [5.74, 6) is 1.36. The van der Waals surface area contributed by atoms with E-state index in [1.165, 1.54) is 17.0 Å². The number of benzene rings is 1. The molecular weight excluding hydrogens is 571 g/mol. The molecule has 3 aliphatic rings. The normalized spacial score (nSPS) is 20.1. The van der Waals surface area contributed by atoms with Crippen LogP contribution in [0.3, 0.4) is 0 Å². The molecule has 7 rings (SSSR count). The van der Waals surface area contributed by atoms with E-state index in [0.29, 0.717) is 43.1 Å². The zero-order valence-corrected chi connectivity index (χ0v) is 24.9. The van der Waals surface area contributed by atoms with E-state index in [1.54, 1.807) is 17.3 Å². The van der Waals surface area contributed by atoms with Crippen molar-refractivity contribution in [3.63, 3.8) is 0 Å². The predicted octanol–water partition coefficient (Wildman–Crippen LogP) is 4.61. The second kappa shape index (κ2) is 10.6. The number of hydrogen-bond donors (Lipinski definition) is 0. The van der Waals surface area contributed by atoms with Crippen molar-refractivity contribution in [3.05, 3.63) is 82.1 Å². The molecule has 3 aromatic heterocycles. The number of piperidine rings is 1. The number of likely N-dealkylation sites (tertiary alicyclic amines) is 2. The summed E-state index contributed by atoms with van der Waals surface area (Å²) in [7, 11) is 3.73. The molecular formula is C32H36F3N7O2. The monoisotopic (exact) mass is 607 g/mol. The molecule has 1 aromatic carbocycles. The van der Waals surface area contributed by atoms with Gasteiger partial charge in [-0.15, -0.1) is 10.2 Å². The van der Waals surface area contributed by atoms with Gasteiger partial charge in [0, 0.05) is 45.5 Å². The van der Waals surface area contributed by atoms with E-state index in [1.807, 2.05) is 36.9 Å². The van der Waals surface area contributed by atoms with Crippen molar-refractivity contribution in [2.24, 2.45) is 18.4 Å². The number of halogens is 3. The number of fused-ring (bicyclic) bond motifs is 1. The average molecular weight is 608 g/mol. The average Bonchev–Trinajstić information content (AvgIpc) is 3.63. The van der Waals surface area contributed by atoms with Crippen molar-refractivity contribution in [3.8, 4) is 5.69 Å². The molecule has 9 nitrogen and oxygen atoms in total. The van der Waals surface area contributed by atoms with Crippen LogP contribution < -0.4 is 5.69 Å².